The van der Waals surface area contributed by atoms with Crippen LogP contribution in [0.2, 0.25) is 0 Å². The molecule has 0 atom stereocenters. The van der Waals surface area contributed by atoms with Gasteiger partial charge in [-0.05, 0) is 25.5 Å². The highest BCUT2D eigenvalue weighted by atomic mass is 127. The number of rotatable bonds is 10. The van der Waals surface area contributed by atoms with Gasteiger partial charge in [0.25, 0.3) is 0 Å². The van der Waals surface area contributed by atoms with Gasteiger partial charge in [0.1, 0.15) is 5.75 Å². The second-order valence-corrected chi connectivity index (χ2v) is 6.78. The summed E-state index contributed by atoms with van der Waals surface area (Å²) < 4.78 is 10.8. The second kappa shape index (κ2) is 13.7. The Labute approximate surface area is 182 Å². The number of methoxy groups -OCH3 is 1. The normalized spacial score (nSPS) is 11.0. The van der Waals surface area contributed by atoms with E-state index in [9.17, 15) is 0 Å². The lowest BCUT2D eigenvalue weighted by molar-refractivity contribution is 0.172. The number of hydrogen-bond acceptors (Lipinski definition) is 5. The summed E-state index contributed by atoms with van der Waals surface area (Å²) in [5, 5.41) is 9.90. The predicted molar refractivity (Wildman–Crippen MR) is 124 cm³/mol. The van der Waals surface area contributed by atoms with Crippen molar-refractivity contribution in [3.8, 4) is 5.75 Å². The molecule has 0 unspecified atom stereocenters. The van der Waals surface area contributed by atoms with Crippen LogP contribution < -0.4 is 15.4 Å². The first-order valence-electron chi connectivity index (χ1n) is 8.81. The zero-order valence-corrected chi connectivity index (χ0v) is 19.3. The number of benzene rings is 1. The van der Waals surface area contributed by atoms with Crippen molar-refractivity contribution >= 4 is 47.0 Å². The molecule has 2 N–H and O–H groups in total. The molecule has 1 aromatic heterocycles. The smallest absolute Gasteiger partial charge is 0.195 e. The number of halogens is 1. The molecule has 0 saturated carbocycles. The molecule has 0 amide bonds. The largest absolute Gasteiger partial charge is 0.493 e. The fourth-order valence-electron chi connectivity index (χ4n) is 2.34. The number of aryl methyl sites for hydroxylation is 2. The van der Waals surface area contributed by atoms with Crippen LogP contribution in [0.5, 0.6) is 5.75 Å². The predicted octanol–water partition coefficient (Wildman–Crippen LogP) is 4.10. The number of thiazole rings is 1. The van der Waals surface area contributed by atoms with E-state index in [1.54, 1.807) is 25.5 Å². The third kappa shape index (κ3) is 9.39. The van der Waals surface area contributed by atoms with Crippen molar-refractivity contribution in [2.75, 3.05) is 39.2 Å². The fourth-order valence-corrected chi connectivity index (χ4v) is 3.15. The molecule has 0 aliphatic carbocycles. The maximum atomic E-state index is 5.73. The number of nitrogens with one attached hydrogen (secondary N) is 2. The van der Waals surface area contributed by atoms with E-state index in [4.69, 9.17) is 9.47 Å². The third-order valence-corrected chi connectivity index (χ3v) is 4.63. The number of aromatic nitrogens is 1. The van der Waals surface area contributed by atoms with E-state index >= 15 is 0 Å². The summed E-state index contributed by atoms with van der Waals surface area (Å²) in [4.78, 5) is 8.76. The van der Waals surface area contributed by atoms with Gasteiger partial charge in [0.2, 0.25) is 0 Å². The van der Waals surface area contributed by atoms with E-state index in [1.165, 1.54) is 5.01 Å². The number of nitrogens with zero attached hydrogens (tertiary/aromatic N) is 2. The van der Waals surface area contributed by atoms with Crippen molar-refractivity contribution < 1.29 is 9.47 Å². The van der Waals surface area contributed by atoms with Crippen LogP contribution in [-0.2, 0) is 11.2 Å². The molecule has 8 heteroatoms. The molecular formula is C19H29IN4O2S. The van der Waals surface area contributed by atoms with Gasteiger partial charge in [0.15, 0.2) is 5.96 Å². The van der Waals surface area contributed by atoms with E-state index in [-0.39, 0.29) is 24.0 Å². The number of aliphatic imine (C=N–C) groups is 1. The van der Waals surface area contributed by atoms with Crippen LogP contribution in [0, 0.1) is 6.92 Å². The summed E-state index contributed by atoms with van der Waals surface area (Å²) >= 11 is 1.72. The monoisotopic (exact) mass is 504 g/mol. The minimum atomic E-state index is 0. The standard InChI is InChI=1S/C19H28N4O2S.HI/c1-15-14-26-18(22-15)9-5-10-21-19(20-2)23-16-7-4-8-17(13-16)25-12-6-11-24-3;/h4,7-8,13-14H,5-6,9-12H2,1-3H3,(H2,20,21,23);1H. The molecule has 150 valence electrons. The first kappa shape index (κ1) is 23.6. The Hall–Kier alpha value is -1.39. The Morgan fingerprint density at radius 1 is 1.26 bits per heavy atom. The van der Waals surface area contributed by atoms with E-state index in [0.717, 1.165) is 48.9 Å². The highest BCUT2D eigenvalue weighted by Gasteiger charge is 2.03. The van der Waals surface area contributed by atoms with Crippen LogP contribution in [0.1, 0.15) is 23.5 Å². The quantitative estimate of drug-likeness (QED) is 0.221. The number of guanidine groups is 1. The second-order valence-electron chi connectivity index (χ2n) is 5.83. The van der Waals surface area contributed by atoms with Crippen molar-refractivity contribution in [1.82, 2.24) is 10.3 Å². The minimum absolute atomic E-state index is 0. The van der Waals surface area contributed by atoms with Crippen LogP contribution in [-0.4, -0.2) is 44.9 Å². The van der Waals surface area contributed by atoms with Crippen molar-refractivity contribution in [2.45, 2.75) is 26.2 Å². The maximum absolute atomic E-state index is 5.73. The molecule has 0 fully saturated rings. The highest BCUT2D eigenvalue weighted by Crippen LogP contribution is 2.17. The van der Waals surface area contributed by atoms with Crippen molar-refractivity contribution in [2.24, 2.45) is 4.99 Å². The number of ether oxygens (including phenoxy) is 2. The van der Waals surface area contributed by atoms with Crippen molar-refractivity contribution in [3.63, 3.8) is 0 Å². The number of anilines is 1. The minimum Gasteiger partial charge on any atom is -0.493 e. The first-order chi connectivity index (χ1) is 12.7. The fraction of sp³-hybridized carbons (Fsp3) is 0.474. The summed E-state index contributed by atoms with van der Waals surface area (Å²) in [5.41, 5.74) is 2.04. The number of hydrogen-bond donors (Lipinski definition) is 2. The summed E-state index contributed by atoms with van der Waals surface area (Å²) in [6.07, 6.45) is 2.86. The zero-order chi connectivity index (χ0) is 18.6. The lowest BCUT2D eigenvalue weighted by Crippen LogP contribution is -2.31. The summed E-state index contributed by atoms with van der Waals surface area (Å²) in [7, 11) is 3.46. The Balaban J connectivity index is 0.00000364. The van der Waals surface area contributed by atoms with Crippen LogP contribution in [0.25, 0.3) is 0 Å². The van der Waals surface area contributed by atoms with Crippen molar-refractivity contribution in [1.29, 1.82) is 0 Å². The average Bonchev–Trinajstić information content (AvgIpc) is 3.07. The molecular weight excluding hydrogens is 475 g/mol. The van der Waals surface area contributed by atoms with Gasteiger partial charge in [-0.15, -0.1) is 35.3 Å². The lowest BCUT2D eigenvalue weighted by atomic mass is 10.3. The Morgan fingerprint density at radius 2 is 2.11 bits per heavy atom. The topological polar surface area (TPSA) is 67.8 Å². The SMILES string of the molecule is CN=C(NCCCc1nc(C)cs1)Nc1cccc(OCCCOC)c1.I. The molecule has 2 aromatic rings. The molecule has 0 spiro atoms. The molecule has 0 saturated heterocycles. The van der Waals surface area contributed by atoms with Gasteiger partial charge in [-0.1, -0.05) is 6.07 Å². The molecule has 2 rings (SSSR count). The molecule has 6 nitrogen and oxygen atoms in total. The van der Waals surface area contributed by atoms with Gasteiger partial charge in [-0.3, -0.25) is 4.99 Å². The van der Waals surface area contributed by atoms with Crippen LogP contribution >= 0.6 is 35.3 Å². The maximum Gasteiger partial charge on any atom is 0.195 e. The first-order valence-corrected chi connectivity index (χ1v) is 9.69. The summed E-state index contributed by atoms with van der Waals surface area (Å²) in [6, 6.07) is 7.88. The molecule has 0 aliphatic rings. The molecule has 1 heterocycles. The van der Waals surface area contributed by atoms with Crippen LogP contribution in [0.3, 0.4) is 0 Å². The molecule has 0 aliphatic heterocycles. The summed E-state index contributed by atoms with van der Waals surface area (Å²) in [6.45, 7) is 4.21. The molecule has 0 radical (unpaired) electrons. The third-order valence-electron chi connectivity index (χ3n) is 3.61. The van der Waals surface area contributed by atoms with Gasteiger partial charge in [0, 0.05) is 63.0 Å². The molecule has 1 aromatic carbocycles. The van der Waals surface area contributed by atoms with Gasteiger partial charge in [-0.2, -0.15) is 0 Å². The van der Waals surface area contributed by atoms with E-state index in [0.29, 0.717) is 13.2 Å². The van der Waals surface area contributed by atoms with E-state index < -0.39 is 0 Å². The van der Waals surface area contributed by atoms with E-state index in [2.05, 4.69) is 26.0 Å². The van der Waals surface area contributed by atoms with Crippen LogP contribution in [0.15, 0.2) is 34.6 Å². The molecule has 0 bridgehead atoms. The molecule has 27 heavy (non-hydrogen) atoms. The Morgan fingerprint density at radius 3 is 2.81 bits per heavy atom. The average molecular weight is 504 g/mol. The van der Waals surface area contributed by atoms with Gasteiger partial charge in [-0.25, -0.2) is 4.98 Å². The Kier molecular flexibility index (Phi) is 12.0. The van der Waals surface area contributed by atoms with Gasteiger partial charge in [0.05, 0.1) is 11.6 Å². The summed E-state index contributed by atoms with van der Waals surface area (Å²) in [5.74, 6) is 1.58. The highest BCUT2D eigenvalue weighted by molar-refractivity contribution is 14.0. The zero-order valence-electron chi connectivity index (χ0n) is 16.2. The van der Waals surface area contributed by atoms with Crippen molar-refractivity contribution in [3.05, 3.63) is 40.3 Å². The van der Waals surface area contributed by atoms with Crippen LogP contribution in [0.4, 0.5) is 5.69 Å². The Bertz CT molecular complexity index is 694. The van der Waals surface area contributed by atoms with Gasteiger partial charge >= 0.3 is 0 Å². The lowest BCUT2D eigenvalue weighted by Gasteiger charge is -2.13. The van der Waals surface area contributed by atoms with E-state index in [1.807, 2.05) is 31.2 Å². The van der Waals surface area contributed by atoms with Gasteiger partial charge < -0.3 is 20.1 Å².